The summed E-state index contributed by atoms with van der Waals surface area (Å²) in [6.45, 7) is 1.61. The molecule has 1 N–H and O–H groups in total. The fraction of sp³-hybridized carbons (Fsp3) is 0.478. The minimum atomic E-state index is -1.34. The second-order valence-electron chi connectivity index (χ2n) is 8.31. The first kappa shape index (κ1) is 21.0. The topological polar surface area (TPSA) is 66.8 Å². The smallest absolute Gasteiger partial charge is 0.449 e. The first-order chi connectivity index (χ1) is 14.5. The van der Waals surface area contributed by atoms with Gasteiger partial charge in [0.15, 0.2) is 11.5 Å². The maximum atomic E-state index is 13.1. The van der Waals surface area contributed by atoms with Crippen LogP contribution in [-0.4, -0.2) is 40.8 Å². The highest BCUT2D eigenvalue weighted by Crippen LogP contribution is 2.49. The van der Waals surface area contributed by atoms with Gasteiger partial charge >= 0.3 is 6.16 Å². The van der Waals surface area contributed by atoms with Gasteiger partial charge in [0.25, 0.3) is 0 Å². The Hall–Kier alpha value is -2.28. The Morgan fingerprint density at radius 3 is 2.67 bits per heavy atom. The van der Waals surface area contributed by atoms with Crippen LogP contribution in [0.25, 0.3) is 0 Å². The van der Waals surface area contributed by atoms with Crippen molar-refractivity contribution in [2.24, 2.45) is 17.8 Å². The van der Waals surface area contributed by atoms with E-state index < -0.39 is 6.16 Å². The van der Waals surface area contributed by atoms with E-state index in [0.29, 0.717) is 29.5 Å². The van der Waals surface area contributed by atoms with Gasteiger partial charge in [-0.1, -0.05) is 12.5 Å². The van der Waals surface area contributed by atoms with Gasteiger partial charge < -0.3 is 14.7 Å². The monoisotopic (exact) mass is 431 g/mol. The molecule has 2 fully saturated rings. The number of ether oxygens (including phenoxy) is 1. The van der Waals surface area contributed by atoms with E-state index in [0.717, 1.165) is 23.4 Å². The number of thioether (sulfide) groups is 1. The van der Waals surface area contributed by atoms with Crippen LogP contribution in [0.4, 0.5) is 9.18 Å². The third-order valence-electron chi connectivity index (χ3n) is 6.36. The molecule has 0 radical (unpaired) electrons. The van der Waals surface area contributed by atoms with Crippen LogP contribution < -0.4 is 0 Å². The lowest BCUT2D eigenvalue weighted by Crippen LogP contribution is -2.33. The first-order valence-corrected chi connectivity index (χ1v) is 11.5. The third-order valence-corrected chi connectivity index (χ3v) is 7.50. The lowest BCUT2D eigenvalue weighted by molar-refractivity contribution is 0.0988. The number of allylic oxidation sites excluding steroid dienone is 1. The molecule has 7 heteroatoms. The van der Waals surface area contributed by atoms with Gasteiger partial charge in [0.05, 0.1) is 0 Å². The number of nitrogens with zero attached hydrogens (tertiary/aromatic N) is 1. The van der Waals surface area contributed by atoms with E-state index in [-0.39, 0.29) is 18.0 Å². The first-order valence-electron chi connectivity index (χ1n) is 10.5. The Bertz CT molecular complexity index is 866. The number of hydrogen-bond donors (Lipinski definition) is 1. The summed E-state index contributed by atoms with van der Waals surface area (Å²) in [6.07, 6.45) is 7.80. The summed E-state index contributed by atoms with van der Waals surface area (Å²) in [7, 11) is 0. The van der Waals surface area contributed by atoms with E-state index in [2.05, 4.69) is 4.90 Å². The highest BCUT2D eigenvalue weighted by Gasteiger charge is 2.40. The van der Waals surface area contributed by atoms with Crippen LogP contribution in [0.1, 0.15) is 42.5 Å². The average molecular weight is 432 g/mol. The number of carbonyl (C=O) groups excluding carboxylic acids is 1. The summed E-state index contributed by atoms with van der Waals surface area (Å²) < 4.78 is 18.1. The van der Waals surface area contributed by atoms with Gasteiger partial charge in [-0.3, -0.25) is 4.79 Å². The van der Waals surface area contributed by atoms with Crippen LogP contribution in [0.2, 0.25) is 0 Å². The van der Waals surface area contributed by atoms with E-state index in [9.17, 15) is 14.0 Å². The molecule has 30 heavy (non-hydrogen) atoms. The van der Waals surface area contributed by atoms with Crippen molar-refractivity contribution in [2.45, 2.75) is 32.1 Å². The van der Waals surface area contributed by atoms with E-state index in [1.165, 1.54) is 61.7 Å². The van der Waals surface area contributed by atoms with Crippen LogP contribution in [0, 0.1) is 23.6 Å². The second kappa shape index (κ2) is 9.25. The van der Waals surface area contributed by atoms with Gasteiger partial charge in [-0.2, -0.15) is 0 Å². The van der Waals surface area contributed by atoms with Crippen molar-refractivity contribution >= 4 is 23.7 Å². The van der Waals surface area contributed by atoms with Crippen molar-refractivity contribution in [3.05, 3.63) is 58.6 Å². The van der Waals surface area contributed by atoms with Crippen LogP contribution in [-0.2, 0) is 4.74 Å². The molecule has 1 aromatic carbocycles. The SMILES string of the molecule is O=C(O)OC1=C(SCCC(=O)c2ccc(F)cc2)N(CC2CC3CCC2C3)CC=C1. The number of benzene rings is 1. The number of ketones is 1. The lowest BCUT2D eigenvalue weighted by Gasteiger charge is -2.34. The fourth-order valence-electron chi connectivity index (χ4n) is 4.99. The number of carboxylic acid groups (broad SMARTS) is 1. The Balaban J connectivity index is 1.41. The van der Waals surface area contributed by atoms with E-state index in [4.69, 9.17) is 9.84 Å². The van der Waals surface area contributed by atoms with Gasteiger partial charge in [-0.25, -0.2) is 9.18 Å². The maximum Gasteiger partial charge on any atom is 0.511 e. The number of fused-ring (bicyclic) bond motifs is 2. The molecule has 2 saturated carbocycles. The van der Waals surface area contributed by atoms with Gasteiger partial charge in [-0.05, 0) is 67.4 Å². The third kappa shape index (κ3) is 4.89. The van der Waals surface area contributed by atoms with E-state index in [1.807, 2.05) is 6.08 Å². The zero-order valence-corrected chi connectivity index (χ0v) is 17.6. The molecule has 2 bridgehead atoms. The molecular formula is C23H26FNO4S. The number of Topliss-reactive ketones (excluding diaryl/α,β-unsaturated/α-hetero) is 1. The lowest BCUT2D eigenvalue weighted by atomic mass is 9.88. The average Bonchev–Trinajstić information content (AvgIpc) is 3.33. The van der Waals surface area contributed by atoms with Gasteiger partial charge in [0.1, 0.15) is 10.8 Å². The molecular weight excluding hydrogens is 405 g/mol. The maximum absolute atomic E-state index is 13.1. The minimum Gasteiger partial charge on any atom is -0.449 e. The molecule has 5 nitrogen and oxygen atoms in total. The summed E-state index contributed by atoms with van der Waals surface area (Å²) >= 11 is 1.46. The van der Waals surface area contributed by atoms with Gasteiger partial charge in [-0.15, -0.1) is 11.8 Å². The van der Waals surface area contributed by atoms with Crippen LogP contribution >= 0.6 is 11.8 Å². The summed E-state index contributed by atoms with van der Waals surface area (Å²) in [5, 5.41) is 9.91. The molecule has 3 atom stereocenters. The standard InChI is InChI=1S/C23H26FNO4S/c24-19-7-5-16(6-8-19)20(26)9-11-30-22-21(29-23(27)28)2-1-10-25(22)14-18-13-15-3-4-17(18)12-15/h1-2,5-8,15,17-18H,3-4,9-14H2,(H,27,28). The normalized spacial score (nSPS) is 25.1. The molecule has 1 aliphatic heterocycles. The Morgan fingerprint density at radius 2 is 2.00 bits per heavy atom. The summed E-state index contributed by atoms with van der Waals surface area (Å²) in [5.41, 5.74) is 0.482. The Labute approximate surface area is 180 Å². The molecule has 0 amide bonds. The largest absolute Gasteiger partial charge is 0.511 e. The molecule has 2 aliphatic carbocycles. The van der Waals surface area contributed by atoms with Crippen LogP contribution in [0.5, 0.6) is 0 Å². The molecule has 3 unspecified atom stereocenters. The fourth-order valence-corrected chi connectivity index (χ4v) is 6.06. The summed E-state index contributed by atoms with van der Waals surface area (Å²) in [4.78, 5) is 25.8. The highest BCUT2D eigenvalue weighted by atomic mass is 32.2. The highest BCUT2D eigenvalue weighted by molar-refractivity contribution is 8.03. The molecule has 160 valence electrons. The van der Waals surface area contributed by atoms with E-state index in [1.54, 1.807) is 6.08 Å². The van der Waals surface area contributed by atoms with Gasteiger partial charge in [0.2, 0.25) is 0 Å². The molecule has 0 saturated heterocycles. The summed E-state index contributed by atoms with van der Waals surface area (Å²) in [5.74, 6) is 2.66. The predicted molar refractivity (Wildman–Crippen MR) is 114 cm³/mol. The van der Waals surface area contributed by atoms with Crippen molar-refractivity contribution in [3.8, 4) is 0 Å². The number of rotatable bonds is 8. The quantitative estimate of drug-likeness (QED) is 0.445. The molecule has 0 spiro atoms. The van der Waals surface area contributed by atoms with Crippen molar-refractivity contribution in [3.63, 3.8) is 0 Å². The van der Waals surface area contributed by atoms with Crippen LogP contribution in [0.15, 0.2) is 47.2 Å². The molecule has 1 aromatic rings. The zero-order valence-electron chi connectivity index (χ0n) is 16.8. The Kier molecular flexibility index (Phi) is 6.46. The zero-order chi connectivity index (χ0) is 21.1. The molecule has 1 heterocycles. The number of hydrogen-bond acceptors (Lipinski definition) is 5. The van der Waals surface area contributed by atoms with Gasteiger partial charge in [0, 0.05) is 30.8 Å². The predicted octanol–water partition coefficient (Wildman–Crippen LogP) is 5.30. The molecule has 3 aliphatic rings. The van der Waals surface area contributed by atoms with Crippen molar-refractivity contribution in [2.75, 3.05) is 18.8 Å². The number of halogens is 1. The molecule has 4 rings (SSSR count). The minimum absolute atomic E-state index is 0.0604. The summed E-state index contributed by atoms with van der Waals surface area (Å²) in [6, 6.07) is 5.55. The van der Waals surface area contributed by atoms with Crippen molar-refractivity contribution in [1.29, 1.82) is 0 Å². The Morgan fingerprint density at radius 1 is 1.20 bits per heavy atom. The van der Waals surface area contributed by atoms with Crippen LogP contribution in [0.3, 0.4) is 0 Å². The molecule has 0 aromatic heterocycles. The number of carbonyl (C=O) groups is 2. The second-order valence-corrected chi connectivity index (χ2v) is 9.39. The van der Waals surface area contributed by atoms with Crippen molar-refractivity contribution in [1.82, 2.24) is 4.90 Å². The van der Waals surface area contributed by atoms with E-state index >= 15 is 0 Å². The van der Waals surface area contributed by atoms with Crippen molar-refractivity contribution < 1.29 is 23.8 Å².